The molecule has 1 aliphatic heterocycles. The number of carbonyl (C=O) groups is 1. The number of fused-ring (bicyclic) bond motifs is 4. The van der Waals surface area contributed by atoms with Crippen molar-refractivity contribution >= 4 is 16.6 Å². The Morgan fingerprint density at radius 3 is 2.79 bits per heavy atom. The molecule has 2 aromatic heterocycles. The van der Waals surface area contributed by atoms with Gasteiger partial charge in [-0.3, -0.25) is 19.1 Å². The summed E-state index contributed by atoms with van der Waals surface area (Å²) in [5, 5.41) is 1.27. The average molecular weight is 248 g/mol. The Bertz CT molecular complexity index is 909. The lowest BCUT2D eigenvalue weighted by Gasteiger charge is -2.05. The summed E-state index contributed by atoms with van der Waals surface area (Å²) in [5.74, 6) is -0.113. The molecular formula is C15H8N2O2. The van der Waals surface area contributed by atoms with E-state index < -0.39 is 0 Å². The fourth-order valence-corrected chi connectivity index (χ4v) is 2.56. The SMILES string of the molecule is O=C1c2ccccc2-n2c1cc1cnccc1c2=O. The van der Waals surface area contributed by atoms with Crippen molar-refractivity contribution < 1.29 is 4.79 Å². The summed E-state index contributed by atoms with van der Waals surface area (Å²) in [5.41, 5.74) is 1.47. The molecule has 0 aliphatic carbocycles. The van der Waals surface area contributed by atoms with Crippen LogP contribution in [0, 0.1) is 0 Å². The zero-order valence-electron chi connectivity index (χ0n) is 9.83. The second-order valence-electron chi connectivity index (χ2n) is 4.48. The molecule has 4 heteroatoms. The van der Waals surface area contributed by atoms with E-state index in [1.165, 1.54) is 4.57 Å². The molecular weight excluding hydrogens is 240 g/mol. The molecule has 19 heavy (non-hydrogen) atoms. The number of hydrogen-bond donors (Lipinski definition) is 0. The van der Waals surface area contributed by atoms with Gasteiger partial charge in [0.25, 0.3) is 5.56 Å². The molecule has 1 aromatic carbocycles. The molecule has 90 valence electrons. The molecule has 0 bridgehead atoms. The maximum atomic E-state index is 12.5. The Morgan fingerprint density at radius 2 is 1.89 bits per heavy atom. The van der Waals surface area contributed by atoms with Gasteiger partial charge in [0.1, 0.15) is 0 Å². The van der Waals surface area contributed by atoms with Crippen molar-refractivity contribution in [3.05, 3.63) is 70.4 Å². The van der Waals surface area contributed by atoms with Gasteiger partial charge in [0.15, 0.2) is 0 Å². The van der Waals surface area contributed by atoms with Crippen LogP contribution >= 0.6 is 0 Å². The van der Waals surface area contributed by atoms with Gasteiger partial charge in [-0.25, -0.2) is 0 Å². The molecule has 0 unspecified atom stereocenters. The van der Waals surface area contributed by atoms with Crippen LogP contribution in [0.15, 0.2) is 53.6 Å². The first kappa shape index (κ1) is 10.2. The molecule has 0 spiro atoms. The van der Waals surface area contributed by atoms with Crippen molar-refractivity contribution in [1.82, 2.24) is 9.55 Å². The molecule has 0 saturated carbocycles. The number of benzene rings is 1. The van der Waals surface area contributed by atoms with Crippen LogP contribution in [-0.4, -0.2) is 15.3 Å². The highest BCUT2D eigenvalue weighted by Gasteiger charge is 2.27. The Morgan fingerprint density at radius 1 is 1.05 bits per heavy atom. The first-order valence-corrected chi connectivity index (χ1v) is 5.91. The lowest BCUT2D eigenvalue weighted by molar-refractivity contribution is 0.103. The fraction of sp³-hybridized carbons (Fsp3) is 0. The summed E-state index contributed by atoms with van der Waals surface area (Å²) >= 11 is 0. The lowest BCUT2D eigenvalue weighted by Crippen LogP contribution is -2.19. The fourth-order valence-electron chi connectivity index (χ4n) is 2.56. The number of para-hydroxylation sites is 1. The third-order valence-corrected chi connectivity index (χ3v) is 3.44. The maximum Gasteiger partial charge on any atom is 0.263 e. The van der Waals surface area contributed by atoms with E-state index in [1.807, 2.05) is 6.07 Å². The highest BCUT2D eigenvalue weighted by molar-refractivity contribution is 6.15. The van der Waals surface area contributed by atoms with Crippen molar-refractivity contribution in [3.63, 3.8) is 0 Å². The van der Waals surface area contributed by atoms with Crippen molar-refractivity contribution in [1.29, 1.82) is 0 Å². The van der Waals surface area contributed by atoms with Crippen molar-refractivity contribution in [2.24, 2.45) is 0 Å². The second kappa shape index (κ2) is 3.38. The number of ketones is 1. The smallest absolute Gasteiger partial charge is 0.263 e. The van der Waals surface area contributed by atoms with E-state index in [0.717, 1.165) is 0 Å². The van der Waals surface area contributed by atoms with Crippen LogP contribution in [0.3, 0.4) is 0 Å². The van der Waals surface area contributed by atoms with Gasteiger partial charge in [-0.15, -0.1) is 0 Å². The van der Waals surface area contributed by atoms with Gasteiger partial charge >= 0.3 is 0 Å². The predicted octanol–water partition coefficient (Wildman–Crippen LogP) is 1.93. The monoisotopic (exact) mass is 248 g/mol. The van der Waals surface area contributed by atoms with Gasteiger partial charge in [-0.2, -0.15) is 0 Å². The predicted molar refractivity (Wildman–Crippen MR) is 70.8 cm³/mol. The zero-order chi connectivity index (χ0) is 13.0. The number of rotatable bonds is 0. The van der Waals surface area contributed by atoms with Crippen molar-refractivity contribution in [2.45, 2.75) is 0 Å². The number of pyridine rings is 2. The van der Waals surface area contributed by atoms with Crippen LogP contribution in [0.1, 0.15) is 16.1 Å². The number of carbonyl (C=O) groups excluding carboxylic acids is 1. The number of hydrogen-bond acceptors (Lipinski definition) is 3. The lowest BCUT2D eigenvalue weighted by atomic mass is 10.1. The van der Waals surface area contributed by atoms with E-state index in [4.69, 9.17) is 0 Å². The van der Waals surface area contributed by atoms with E-state index in [9.17, 15) is 9.59 Å². The van der Waals surface area contributed by atoms with E-state index in [0.29, 0.717) is 27.7 Å². The maximum absolute atomic E-state index is 12.5. The minimum Gasteiger partial charge on any atom is -0.287 e. The Kier molecular flexibility index (Phi) is 1.82. The molecule has 4 nitrogen and oxygen atoms in total. The largest absolute Gasteiger partial charge is 0.287 e. The summed E-state index contributed by atoms with van der Waals surface area (Å²) in [6.45, 7) is 0. The second-order valence-corrected chi connectivity index (χ2v) is 4.48. The third-order valence-electron chi connectivity index (χ3n) is 3.44. The van der Waals surface area contributed by atoms with Crippen molar-refractivity contribution in [2.75, 3.05) is 0 Å². The van der Waals surface area contributed by atoms with Crippen LogP contribution < -0.4 is 5.56 Å². The van der Waals surface area contributed by atoms with Gasteiger partial charge in [0, 0.05) is 23.3 Å². The van der Waals surface area contributed by atoms with Gasteiger partial charge in [-0.1, -0.05) is 12.1 Å². The van der Waals surface area contributed by atoms with E-state index in [-0.39, 0.29) is 11.3 Å². The van der Waals surface area contributed by atoms with Gasteiger partial charge in [0.05, 0.1) is 16.8 Å². The highest BCUT2D eigenvalue weighted by atomic mass is 16.1. The van der Waals surface area contributed by atoms with E-state index >= 15 is 0 Å². The Labute approximate surface area is 108 Å². The molecule has 3 aromatic rings. The number of nitrogens with zero attached hydrogens (tertiary/aromatic N) is 2. The minimum atomic E-state index is -0.173. The molecule has 0 saturated heterocycles. The average Bonchev–Trinajstić information content (AvgIpc) is 2.74. The van der Waals surface area contributed by atoms with Crippen molar-refractivity contribution in [3.8, 4) is 5.69 Å². The summed E-state index contributed by atoms with van der Waals surface area (Å²) in [6.07, 6.45) is 3.19. The molecule has 0 N–H and O–H groups in total. The van der Waals surface area contributed by atoms with Gasteiger partial charge in [0.2, 0.25) is 5.78 Å². The molecule has 3 heterocycles. The zero-order valence-corrected chi connectivity index (χ0v) is 9.83. The van der Waals surface area contributed by atoms with Gasteiger partial charge < -0.3 is 0 Å². The summed E-state index contributed by atoms with van der Waals surface area (Å²) in [4.78, 5) is 28.8. The van der Waals surface area contributed by atoms with Crippen LogP contribution in [0.25, 0.3) is 16.5 Å². The molecule has 0 fully saturated rings. The summed E-state index contributed by atoms with van der Waals surface area (Å²) < 4.78 is 1.49. The molecule has 0 atom stereocenters. The standard InChI is InChI=1S/C15H8N2O2/c18-14-11-3-1-2-4-12(11)17-13(14)7-9-8-16-6-5-10(9)15(17)19/h1-8H. The quantitative estimate of drug-likeness (QED) is 0.478. The van der Waals surface area contributed by atoms with Crippen LogP contribution in [0.5, 0.6) is 0 Å². The third kappa shape index (κ3) is 1.20. The highest BCUT2D eigenvalue weighted by Crippen LogP contribution is 2.27. The summed E-state index contributed by atoms with van der Waals surface area (Å²) in [6, 6.07) is 10.6. The molecule has 4 rings (SSSR count). The normalized spacial score (nSPS) is 12.5. The number of aromatic nitrogens is 2. The van der Waals surface area contributed by atoms with Crippen LogP contribution in [0.2, 0.25) is 0 Å². The van der Waals surface area contributed by atoms with E-state index in [1.54, 1.807) is 42.7 Å². The van der Waals surface area contributed by atoms with Gasteiger partial charge in [-0.05, 0) is 24.3 Å². The topological polar surface area (TPSA) is 52.0 Å². The van der Waals surface area contributed by atoms with Crippen LogP contribution in [0.4, 0.5) is 0 Å². The molecule has 1 aliphatic rings. The summed E-state index contributed by atoms with van der Waals surface area (Å²) in [7, 11) is 0. The Hall–Kier alpha value is -2.75. The minimum absolute atomic E-state index is 0.113. The first-order chi connectivity index (χ1) is 9.27. The molecule has 0 radical (unpaired) electrons. The van der Waals surface area contributed by atoms with E-state index in [2.05, 4.69) is 4.98 Å². The first-order valence-electron chi connectivity index (χ1n) is 5.91. The molecule has 0 amide bonds. The van der Waals surface area contributed by atoms with Crippen LogP contribution in [-0.2, 0) is 0 Å². The Balaban J connectivity index is 2.24.